The largest absolute Gasteiger partial charge is 0.495 e. The number of aromatic nitrogens is 2. The summed E-state index contributed by atoms with van der Waals surface area (Å²) in [6.07, 6.45) is 2.13. The number of benzene rings is 1. The summed E-state index contributed by atoms with van der Waals surface area (Å²) in [6, 6.07) is 7.13. The third kappa shape index (κ3) is 4.39. The molecule has 1 aliphatic rings. The molecule has 0 saturated carbocycles. The second-order valence-corrected chi connectivity index (χ2v) is 9.16. The molecule has 1 aliphatic heterocycles. The van der Waals surface area contributed by atoms with Crippen LogP contribution in [0, 0.1) is 6.92 Å². The summed E-state index contributed by atoms with van der Waals surface area (Å²) < 4.78 is 32.5. The summed E-state index contributed by atoms with van der Waals surface area (Å²) in [5, 5.41) is 2.81. The summed E-state index contributed by atoms with van der Waals surface area (Å²) in [6.45, 7) is 2.49. The van der Waals surface area contributed by atoms with Gasteiger partial charge in [0.1, 0.15) is 11.6 Å². The van der Waals surface area contributed by atoms with Crippen molar-refractivity contribution in [1.29, 1.82) is 0 Å². The van der Waals surface area contributed by atoms with E-state index in [4.69, 9.17) is 4.74 Å². The van der Waals surface area contributed by atoms with Crippen LogP contribution in [0.2, 0.25) is 0 Å². The van der Waals surface area contributed by atoms with Gasteiger partial charge in [0.2, 0.25) is 0 Å². The highest BCUT2D eigenvalue weighted by Crippen LogP contribution is 2.28. The van der Waals surface area contributed by atoms with Crippen molar-refractivity contribution in [3.8, 4) is 5.75 Å². The maximum absolute atomic E-state index is 12.7. The number of carbonyl (C=O) groups is 1. The zero-order valence-corrected chi connectivity index (χ0v) is 17.7. The zero-order chi connectivity index (χ0) is 21.2. The number of nitrogens with one attached hydrogen (secondary N) is 1. The van der Waals surface area contributed by atoms with E-state index in [0.717, 1.165) is 0 Å². The van der Waals surface area contributed by atoms with E-state index >= 15 is 0 Å². The molecule has 0 spiro atoms. The summed E-state index contributed by atoms with van der Waals surface area (Å²) in [4.78, 5) is 21.5. The molecular formula is C19H25N5O4S. The lowest BCUT2D eigenvalue weighted by atomic mass is 10.1. The van der Waals surface area contributed by atoms with Crippen molar-refractivity contribution in [1.82, 2.24) is 18.6 Å². The SMILES string of the molecule is COc1ccccc1NC(=O)c1cnc([C@@H]2CCN(S(=O)(=O)N(C)C)C2)nc1C. The van der Waals surface area contributed by atoms with Crippen molar-refractivity contribution in [3.63, 3.8) is 0 Å². The fourth-order valence-corrected chi connectivity index (χ4v) is 4.39. The molecule has 1 atom stereocenters. The standard InChI is InChI=1S/C19H25N5O4S/c1-13-15(19(25)22-16-7-5-6-8-17(16)28-4)11-20-18(21-13)14-9-10-24(12-14)29(26,27)23(2)3/h5-8,11,14H,9-10,12H2,1-4H3,(H,22,25)/t14-/m1/s1. The molecule has 3 rings (SSSR count). The van der Waals surface area contributed by atoms with Crippen molar-refractivity contribution >= 4 is 21.8 Å². The van der Waals surface area contributed by atoms with Crippen molar-refractivity contribution in [3.05, 3.63) is 47.5 Å². The minimum Gasteiger partial charge on any atom is -0.495 e. The Hall–Kier alpha value is -2.56. The third-order valence-corrected chi connectivity index (χ3v) is 6.81. The highest BCUT2D eigenvalue weighted by Gasteiger charge is 2.34. The van der Waals surface area contributed by atoms with Crippen LogP contribution >= 0.6 is 0 Å². The van der Waals surface area contributed by atoms with Crippen LogP contribution in [0.3, 0.4) is 0 Å². The Morgan fingerprint density at radius 2 is 2.03 bits per heavy atom. The van der Waals surface area contributed by atoms with E-state index in [2.05, 4.69) is 15.3 Å². The van der Waals surface area contributed by atoms with Gasteiger partial charge in [0.05, 0.1) is 24.1 Å². The lowest BCUT2D eigenvalue weighted by Gasteiger charge is -2.20. The minimum atomic E-state index is -3.46. The first-order chi connectivity index (χ1) is 13.7. The van der Waals surface area contributed by atoms with Crippen molar-refractivity contribution in [2.24, 2.45) is 0 Å². The van der Waals surface area contributed by atoms with E-state index in [0.29, 0.717) is 48.0 Å². The smallest absolute Gasteiger partial charge is 0.281 e. The molecule has 2 aromatic rings. The number of anilines is 1. The first kappa shape index (κ1) is 21.2. The molecule has 1 saturated heterocycles. The first-order valence-corrected chi connectivity index (χ1v) is 10.6. The minimum absolute atomic E-state index is 0.102. The van der Waals surface area contributed by atoms with Gasteiger partial charge in [-0.25, -0.2) is 9.97 Å². The Labute approximate surface area is 170 Å². The Morgan fingerprint density at radius 3 is 2.69 bits per heavy atom. The number of nitrogens with zero attached hydrogens (tertiary/aromatic N) is 4. The molecule has 1 fully saturated rings. The van der Waals surface area contributed by atoms with Crippen LogP contribution in [-0.2, 0) is 10.2 Å². The summed E-state index contributed by atoms with van der Waals surface area (Å²) in [5.41, 5.74) is 1.45. The molecule has 0 bridgehead atoms. The average molecular weight is 420 g/mol. The number of amides is 1. The van der Waals surface area contributed by atoms with Gasteiger partial charge in [0, 0.05) is 39.3 Å². The second kappa shape index (κ2) is 8.44. The van der Waals surface area contributed by atoms with Gasteiger partial charge in [0.25, 0.3) is 16.1 Å². The summed E-state index contributed by atoms with van der Waals surface area (Å²) in [5.74, 6) is 0.675. The van der Waals surface area contributed by atoms with Crippen molar-refractivity contribution < 1.29 is 17.9 Å². The number of ether oxygens (including phenoxy) is 1. The van der Waals surface area contributed by atoms with Crippen LogP contribution in [0.15, 0.2) is 30.5 Å². The molecule has 29 heavy (non-hydrogen) atoms. The van der Waals surface area contributed by atoms with E-state index in [1.54, 1.807) is 25.1 Å². The van der Waals surface area contributed by atoms with E-state index in [9.17, 15) is 13.2 Å². The number of carbonyl (C=O) groups excluding carboxylic acids is 1. The van der Waals surface area contributed by atoms with Crippen LogP contribution in [0.5, 0.6) is 5.75 Å². The average Bonchev–Trinajstić information content (AvgIpc) is 3.19. The van der Waals surface area contributed by atoms with E-state index in [-0.39, 0.29) is 11.8 Å². The van der Waals surface area contributed by atoms with Gasteiger partial charge in [-0.15, -0.1) is 0 Å². The predicted molar refractivity (Wildman–Crippen MR) is 109 cm³/mol. The van der Waals surface area contributed by atoms with Gasteiger partial charge in [0.15, 0.2) is 0 Å². The predicted octanol–water partition coefficient (Wildman–Crippen LogP) is 1.64. The van der Waals surface area contributed by atoms with Crippen molar-refractivity contribution in [2.75, 3.05) is 39.6 Å². The van der Waals surface area contributed by atoms with Gasteiger partial charge in [-0.1, -0.05) is 12.1 Å². The monoisotopic (exact) mass is 419 g/mol. The van der Waals surface area contributed by atoms with E-state index in [1.165, 1.54) is 36.0 Å². The number of hydrogen-bond donors (Lipinski definition) is 1. The van der Waals surface area contributed by atoms with Crippen LogP contribution < -0.4 is 10.1 Å². The van der Waals surface area contributed by atoms with Crippen LogP contribution in [-0.4, -0.2) is 67.2 Å². The van der Waals surface area contributed by atoms with Crippen LogP contribution in [0.1, 0.15) is 34.2 Å². The molecule has 2 heterocycles. The highest BCUT2D eigenvalue weighted by molar-refractivity contribution is 7.86. The molecular weight excluding hydrogens is 394 g/mol. The fourth-order valence-electron chi connectivity index (χ4n) is 3.22. The Bertz CT molecular complexity index is 1010. The van der Waals surface area contributed by atoms with E-state index in [1.807, 2.05) is 6.07 Å². The molecule has 9 nitrogen and oxygen atoms in total. The normalized spacial score (nSPS) is 17.5. The Kier molecular flexibility index (Phi) is 6.15. The maximum Gasteiger partial charge on any atom is 0.281 e. The number of rotatable bonds is 6. The molecule has 156 valence electrons. The number of methoxy groups -OCH3 is 1. The molecule has 1 amide bonds. The summed E-state index contributed by atoms with van der Waals surface area (Å²) >= 11 is 0. The highest BCUT2D eigenvalue weighted by atomic mass is 32.2. The number of aryl methyl sites for hydroxylation is 1. The Balaban J connectivity index is 1.75. The maximum atomic E-state index is 12.7. The van der Waals surface area contributed by atoms with Crippen LogP contribution in [0.4, 0.5) is 5.69 Å². The van der Waals surface area contributed by atoms with Crippen LogP contribution in [0.25, 0.3) is 0 Å². The molecule has 1 aromatic heterocycles. The van der Waals surface area contributed by atoms with E-state index < -0.39 is 10.2 Å². The quantitative estimate of drug-likeness (QED) is 0.763. The van der Waals surface area contributed by atoms with Crippen molar-refractivity contribution in [2.45, 2.75) is 19.3 Å². The Morgan fingerprint density at radius 1 is 1.31 bits per heavy atom. The van der Waals surface area contributed by atoms with Gasteiger partial charge >= 0.3 is 0 Å². The topological polar surface area (TPSA) is 105 Å². The van der Waals surface area contributed by atoms with Gasteiger partial charge < -0.3 is 10.1 Å². The molecule has 0 unspecified atom stereocenters. The fraction of sp³-hybridized carbons (Fsp3) is 0.421. The zero-order valence-electron chi connectivity index (χ0n) is 16.9. The molecule has 10 heteroatoms. The second-order valence-electron chi connectivity index (χ2n) is 7.02. The first-order valence-electron chi connectivity index (χ1n) is 9.19. The number of hydrogen-bond acceptors (Lipinski definition) is 6. The third-order valence-electron chi connectivity index (χ3n) is 4.90. The molecule has 1 aromatic carbocycles. The van der Waals surface area contributed by atoms with Gasteiger partial charge in [-0.3, -0.25) is 4.79 Å². The van der Waals surface area contributed by atoms with Gasteiger partial charge in [-0.2, -0.15) is 17.0 Å². The lowest BCUT2D eigenvalue weighted by molar-refractivity contribution is 0.102. The molecule has 0 aliphatic carbocycles. The summed E-state index contributed by atoms with van der Waals surface area (Å²) in [7, 11) is 1.11. The number of para-hydroxylation sites is 2. The molecule has 0 radical (unpaired) electrons. The molecule has 1 N–H and O–H groups in total. The lowest BCUT2D eigenvalue weighted by Crippen LogP contribution is -2.38. The van der Waals surface area contributed by atoms with Gasteiger partial charge in [-0.05, 0) is 25.5 Å².